The van der Waals surface area contributed by atoms with Crippen molar-refractivity contribution in [1.29, 1.82) is 0 Å². The Balaban J connectivity index is 2.78. The lowest BCUT2D eigenvalue weighted by molar-refractivity contribution is -0.272. The Bertz CT molecular complexity index is 773. The van der Waals surface area contributed by atoms with Gasteiger partial charge in [0.2, 0.25) is 0 Å². The van der Waals surface area contributed by atoms with Crippen LogP contribution in [-0.4, -0.2) is 44.7 Å². The van der Waals surface area contributed by atoms with Crippen LogP contribution in [0.25, 0.3) is 0 Å². The van der Waals surface area contributed by atoms with Gasteiger partial charge >= 0.3 is 33.2 Å². The van der Waals surface area contributed by atoms with Crippen LogP contribution in [0.4, 0.5) is 26.3 Å². The van der Waals surface area contributed by atoms with E-state index in [4.69, 9.17) is 4.74 Å². The quantitative estimate of drug-likeness (QED) is 0.241. The highest BCUT2D eigenvalue weighted by Gasteiger charge is 2.76. The van der Waals surface area contributed by atoms with Crippen molar-refractivity contribution in [2.24, 2.45) is 0 Å². The fraction of sp³-hybridized carbons (Fsp3) is 0.533. The molecule has 0 aliphatic rings. The van der Waals surface area contributed by atoms with Crippen molar-refractivity contribution < 1.29 is 53.2 Å². The van der Waals surface area contributed by atoms with Gasteiger partial charge in [-0.2, -0.15) is 34.8 Å². The Labute approximate surface area is 156 Å². The highest BCUT2D eigenvalue weighted by Crippen LogP contribution is 2.48. The van der Waals surface area contributed by atoms with Gasteiger partial charge in [0.25, 0.3) is 0 Å². The molecule has 0 aromatic heterocycles. The molecule has 0 heterocycles. The molecule has 0 fully saturated rings. The largest absolute Gasteiger partial charge is 0.463 e. The minimum absolute atomic E-state index is 0.0138. The second-order valence-electron chi connectivity index (χ2n) is 5.55. The molecule has 0 unspecified atom stereocenters. The van der Waals surface area contributed by atoms with Gasteiger partial charge in [0.1, 0.15) is 12.4 Å². The van der Waals surface area contributed by atoms with Gasteiger partial charge in [0.15, 0.2) is 0 Å². The van der Waals surface area contributed by atoms with Gasteiger partial charge in [-0.1, -0.05) is 12.1 Å². The second kappa shape index (κ2) is 8.55. The lowest BCUT2D eigenvalue weighted by Crippen LogP contribution is -2.57. The van der Waals surface area contributed by atoms with E-state index in [1.165, 1.54) is 19.1 Å². The molecular weight excluding hydrogens is 422 g/mol. The maximum atomic E-state index is 13.5. The SMILES string of the molecule is CC(=O)OCCOCc1ccc(OS(=O)(=O)C(F)(F)C(F)(F)C(C)(F)F)cc1. The number of esters is 1. The van der Waals surface area contributed by atoms with Gasteiger partial charge in [0, 0.05) is 13.8 Å². The summed E-state index contributed by atoms with van der Waals surface area (Å²) in [5.41, 5.74) is 0.407. The summed E-state index contributed by atoms with van der Waals surface area (Å²) in [6.45, 7) is 0.657. The van der Waals surface area contributed by atoms with Crippen molar-refractivity contribution >= 4 is 16.1 Å². The average Bonchev–Trinajstić information content (AvgIpc) is 2.54. The minimum atomic E-state index is -6.44. The first-order chi connectivity index (χ1) is 12.6. The van der Waals surface area contributed by atoms with Gasteiger partial charge < -0.3 is 13.7 Å². The molecule has 0 saturated carbocycles. The third kappa shape index (κ3) is 5.50. The molecule has 0 aliphatic carbocycles. The molecule has 0 spiro atoms. The molecule has 1 aromatic rings. The monoisotopic (exact) mass is 438 g/mol. The van der Waals surface area contributed by atoms with Gasteiger partial charge in [0.05, 0.1) is 13.2 Å². The first-order valence-electron chi connectivity index (χ1n) is 7.49. The zero-order valence-corrected chi connectivity index (χ0v) is 15.4. The number of carbonyl (C=O) groups is 1. The maximum Gasteiger partial charge on any atom is 0.449 e. The molecule has 0 N–H and O–H groups in total. The van der Waals surface area contributed by atoms with Gasteiger partial charge in [-0.25, -0.2) is 0 Å². The van der Waals surface area contributed by atoms with E-state index in [9.17, 15) is 39.6 Å². The van der Waals surface area contributed by atoms with Crippen LogP contribution >= 0.6 is 0 Å². The highest BCUT2D eigenvalue weighted by atomic mass is 32.2. The lowest BCUT2D eigenvalue weighted by atomic mass is 10.2. The van der Waals surface area contributed by atoms with Crippen molar-refractivity contribution in [3.63, 3.8) is 0 Å². The van der Waals surface area contributed by atoms with Gasteiger partial charge in [-0.05, 0) is 17.7 Å². The highest BCUT2D eigenvalue weighted by molar-refractivity contribution is 7.88. The number of alkyl halides is 6. The number of hydrogen-bond acceptors (Lipinski definition) is 6. The molecule has 0 radical (unpaired) electrons. The van der Waals surface area contributed by atoms with E-state index in [0.717, 1.165) is 12.1 Å². The molecule has 1 rings (SSSR count). The lowest BCUT2D eigenvalue weighted by Gasteiger charge is -2.29. The van der Waals surface area contributed by atoms with Crippen molar-refractivity contribution in [3.8, 4) is 5.75 Å². The summed E-state index contributed by atoms with van der Waals surface area (Å²) in [5, 5.41) is -6.18. The Kier molecular flexibility index (Phi) is 7.34. The topological polar surface area (TPSA) is 78.9 Å². The van der Waals surface area contributed by atoms with E-state index in [1.54, 1.807) is 0 Å². The van der Waals surface area contributed by atoms with Crippen LogP contribution in [0.15, 0.2) is 24.3 Å². The minimum Gasteiger partial charge on any atom is -0.463 e. The third-order valence-electron chi connectivity index (χ3n) is 3.16. The number of hydrogen-bond donors (Lipinski definition) is 0. The van der Waals surface area contributed by atoms with Gasteiger partial charge in [-0.3, -0.25) is 4.79 Å². The van der Waals surface area contributed by atoms with E-state index in [1.807, 2.05) is 0 Å². The van der Waals surface area contributed by atoms with Crippen LogP contribution in [0.5, 0.6) is 5.75 Å². The summed E-state index contributed by atoms with van der Waals surface area (Å²) in [4.78, 5) is 10.5. The molecular formula is C15H16F6O6S. The molecule has 13 heteroatoms. The van der Waals surface area contributed by atoms with E-state index >= 15 is 0 Å². The van der Waals surface area contributed by atoms with E-state index in [2.05, 4.69) is 8.92 Å². The number of benzene rings is 1. The summed E-state index contributed by atoms with van der Waals surface area (Å²) in [6.07, 6.45) is 0. The van der Waals surface area contributed by atoms with Crippen molar-refractivity contribution in [3.05, 3.63) is 29.8 Å². The van der Waals surface area contributed by atoms with Crippen molar-refractivity contribution in [2.45, 2.75) is 37.6 Å². The molecule has 0 bridgehead atoms. The zero-order chi connectivity index (χ0) is 21.8. The summed E-state index contributed by atoms with van der Waals surface area (Å²) in [6, 6.07) is 4.03. The molecule has 0 amide bonds. The first kappa shape index (κ1) is 24.0. The molecule has 1 aromatic carbocycles. The predicted octanol–water partition coefficient (Wildman–Crippen LogP) is 3.36. The number of rotatable bonds is 10. The number of carbonyl (C=O) groups excluding carboxylic acids is 1. The van der Waals surface area contributed by atoms with E-state index in [0.29, 0.717) is 5.56 Å². The number of ether oxygens (including phenoxy) is 2. The van der Waals surface area contributed by atoms with Crippen LogP contribution in [0.3, 0.4) is 0 Å². The fourth-order valence-corrected chi connectivity index (χ4v) is 2.63. The smallest absolute Gasteiger partial charge is 0.449 e. The fourth-order valence-electron chi connectivity index (χ4n) is 1.67. The molecule has 28 heavy (non-hydrogen) atoms. The Morgan fingerprint density at radius 1 is 1.00 bits per heavy atom. The Morgan fingerprint density at radius 2 is 1.54 bits per heavy atom. The first-order valence-corrected chi connectivity index (χ1v) is 8.90. The van der Waals surface area contributed by atoms with Crippen LogP contribution in [0, 0.1) is 0 Å². The normalized spacial score (nSPS) is 13.3. The predicted molar refractivity (Wildman–Crippen MR) is 82.8 cm³/mol. The Hall–Kier alpha value is -2.02. The van der Waals surface area contributed by atoms with Crippen LogP contribution < -0.4 is 4.18 Å². The summed E-state index contributed by atoms with van der Waals surface area (Å²) in [5.74, 6) is -12.8. The van der Waals surface area contributed by atoms with Crippen LogP contribution in [0.2, 0.25) is 0 Å². The van der Waals surface area contributed by atoms with Gasteiger partial charge in [-0.15, -0.1) is 0 Å². The molecule has 160 valence electrons. The summed E-state index contributed by atoms with van der Waals surface area (Å²) in [7, 11) is -6.44. The molecule has 0 atom stereocenters. The molecule has 0 saturated heterocycles. The van der Waals surface area contributed by atoms with Crippen LogP contribution in [0.1, 0.15) is 19.4 Å². The zero-order valence-electron chi connectivity index (χ0n) is 14.6. The average molecular weight is 438 g/mol. The molecule has 6 nitrogen and oxygen atoms in total. The van der Waals surface area contributed by atoms with E-state index in [-0.39, 0.29) is 19.8 Å². The van der Waals surface area contributed by atoms with Crippen molar-refractivity contribution in [1.82, 2.24) is 0 Å². The maximum absolute atomic E-state index is 13.5. The third-order valence-corrected chi connectivity index (χ3v) is 4.46. The second-order valence-corrected chi connectivity index (χ2v) is 7.14. The van der Waals surface area contributed by atoms with Crippen LogP contribution in [-0.2, 0) is 31.0 Å². The summed E-state index contributed by atoms with van der Waals surface area (Å²) < 4.78 is 115. The standard InChI is InChI=1S/C15H16F6O6S/c1-10(22)26-8-7-25-9-11-3-5-12(6-4-11)27-28(23,24)15(20,21)14(18,19)13(2,16)17/h3-6H,7-9H2,1-2H3. The van der Waals surface area contributed by atoms with Crippen molar-refractivity contribution in [2.75, 3.05) is 13.2 Å². The molecule has 0 aliphatic heterocycles. The Morgan fingerprint density at radius 3 is 2.00 bits per heavy atom. The summed E-state index contributed by atoms with van der Waals surface area (Å²) >= 11 is 0. The van der Waals surface area contributed by atoms with E-state index < -0.39 is 45.9 Å². The number of halogens is 6.